The lowest BCUT2D eigenvalue weighted by molar-refractivity contribution is 0.0914. The van der Waals surface area contributed by atoms with Crippen molar-refractivity contribution in [3.05, 3.63) is 53.9 Å². The van der Waals surface area contributed by atoms with E-state index in [4.69, 9.17) is 0 Å². The molecule has 0 saturated carbocycles. The maximum atomic E-state index is 12.4. The van der Waals surface area contributed by atoms with Crippen LogP contribution in [0.5, 0.6) is 0 Å². The van der Waals surface area contributed by atoms with Crippen molar-refractivity contribution in [3.63, 3.8) is 0 Å². The Morgan fingerprint density at radius 2 is 1.64 bits per heavy atom. The molecule has 0 spiro atoms. The summed E-state index contributed by atoms with van der Waals surface area (Å²) in [6.07, 6.45) is 1.46. The van der Waals surface area contributed by atoms with Crippen LogP contribution in [0.4, 0.5) is 11.4 Å². The third-order valence-corrected chi connectivity index (χ3v) is 3.38. The Bertz CT molecular complexity index is 762. The van der Waals surface area contributed by atoms with Gasteiger partial charge in [0.15, 0.2) is 0 Å². The molecule has 0 fully saturated rings. The predicted molar refractivity (Wildman–Crippen MR) is 100 cm³/mol. The average molecular weight is 340 g/mol. The highest BCUT2D eigenvalue weighted by Crippen LogP contribution is 2.16. The highest BCUT2D eigenvalue weighted by atomic mass is 16.2. The molecule has 0 atom stereocenters. The largest absolute Gasteiger partial charge is 0.378 e. The van der Waals surface area contributed by atoms with Crippen LogP contribution in [0.25, 0.3) is 0 Å². The molecule has 2 amide bonds. The number of nitrogens with zero attached hydrogens (tertiary/aromatic N) is 2. The second-order valence-corrected chi connectivity index (χ2v) is 7.03. The van der Waals surface area contributed by atoms with Crippen LogP contribution in [0.3, 0.4) is 0 Å². The molecule has 6 heteroatoms. The summed E-state index contributed by atoms with van der Waals surface area (Å²) in [5.74, 6) is -0.595. The molecular weight excluding hydrogens is 316 g/mol. The lowest BCUT2D eigenvalue weighted by Gasteiger charge is -2.20. The smallest absolute Gasteiger partial charge is 0.270 e. The number of nitrogens with one attached hydrogen (secondary N) is 2. The number of rotatable bonds is 4. The predicted octanol–water partition coefficient (Wildman–Crippen LogP) is 2.93. The average Bonchev–Trinajstić information content (AvgIpc) is 2.54. The van der Waals surface area contributed by atoms with Gasteiger partial charge in [0, 0.05) is 42.8 Å². The summed E-state index contributed by atoms with van der Waals surface area (Å²) < 4.78 is 0. The summed E-state index contributed by atoms with van der Waals surface area (Å²) in [4.78, 5) is 30.6. The van der Waals surface area contributed by atoms with Crippen LogP contribution in [-0.4, -0.2) is 36.4 Å². The Morgan fingerprint density at radius 1 is 1.00 bits per heavy atom. The van der Waals surface area contributed by atoms with Gasteiger partial charge < -0.3 is 15.5 Å². The molecule has 2 rings (SSSR count). The van der Waals surface area contributed by atoms with Crippen LogP contribution in [0.2, 0.25) is 0 Å². The highest BCUT2D eigenvalue weighted by molar-refractivity contribution is 6.05. The molecule has 0 aliphatic carbocycles. The number of hydrogen-bond acceptors (Lipinski definition) is 4. The van der Waals surface area contributed by atoms with E-state index >= 15 is 0 Å². The minimum Gasteiger partial charge on any atom is -0.378 e. The SMILES string of the molecule is CN(C)c1ccc(NC(=O)c2ccnc(C(=O)NC(C)(C)C)c2)cc1. The number of carbonyl (C=O) groups is 2. The van der Waals surface area contributed by atoms with E-state index in [1.807, 2.05) is 64.0 Å². The van der Waals surface area contributed by atoms with Crippen molar-refractivity contribution in [2.24, 2.45) is 0 Å². The number of anilines is 2. The van der Waals surface area contributed by atoms with E-state index in [0.717, 1.165) is 5.69 Å². The van der Waals surface area contributed by atoms with Crippen LogP contribution in [0, 0.1) is 0 Å². The molecule has 132 valence electrons. The third-order valence-electron chi connectivity index (χ3n) is 3.38. The van der Waals surface area contributed by atoms with Crippen molar-refractivity contribution in [3.8, 4) is 0 Å². The van der Waals surface area contributed by atoms with E-state index in [2.05, 4.69) is 15.6 Å². The van der Waals surface area contributed by atoms with Gasteiger partial charge in [-0.1, -0.05) is 0 Å². The molecule has 0 aliphatic heterocycles. The van der Waals surface area contributed by atoms with Gasteiger partial charge in [-0.05, 0) is 57.2 Å². The van der Waals surface area contributed by atoms with Crippen molar-refractivity contribution in [1.29, 1.82) is 0 Å². The summed E-state index contributed by atoms with van der Waals surface area (Å²) in [5, 5.41) is 5.65. The number of amides is 2. The van der Waals surface area contributed by atoms with Crippen molar-refractivity contribution in [2.45, 2.75) is 26.3 Å². The van der Waals surface area contributed by atoms with Crippen molar-refractivity contribution < 1.29 is 9.59 Å². The van der Waals surface area contributed by atoms with Crippen molar-refractivity contribution in [2.75, 3.05) is 24.3 Å². The minimum absolute atomic E-state index is 0.213. The molecule has 0 unspecified atom stereocenters. The van der Waals surface area contributed by atoms with Crippen molar-refractivity contribution in [1.82, 2.24) is 10.3 Å². The fraction of sp³-hybridized carbons (Fsp3) is 0.316. The van der Waals surface area contributed by atoms with Gasteiger partial charge in [0.2, 0.25) is 0 Å². The Labute approximate surface area is 148 Å². The number of aromatic nitrogens is 1. The van der Waals surface area contributed by atoms with Gasteiger partial charge >= 0.3 is 0 Å². The molecule has 0 aliphatic rings. The van der Waals surface area contributed by atoms with Crippen LogP contribution in [-0.2, 0) is 0 Å². The maximum Gasteiger partial charge on any atom is 0.270 e. The van der Waals surface area contributed by atoms with Gasteiger partial charge in [0.1, 0.15) is 5.69 Å². The van der Waals surface area contributed by atoms with E-state index in [9.17, 15) is 9.59 Å². The van der Waals surface area contributed by atoms with Crippen LogP contribution in [0.1, 0.15) is 41.6 Å². The van der Waals surface area contributed by atoms with E-state index in [1.54, 1.807) is 6.07 Å². The Morgan fingerprint density at radius 3 is 2.20 bits per heavy atom. The number of hydrogen-bond donors (Lipinski definition) is 2. The molecule has 0 radical (unpaired) electrons. The Balaban J connectivity index is 2.11. The summed E-state index contributed by atoms with van der Waals surface area (Å²) in [5.41, 5.74) is 1.96. The molecule has 2 aromatic rings. The first-order valence-electron chi connectivity index (χ1n) is 8.03. The second kappa shape index (κ2) is 7.34. The van der Waals surface area contributed by atoms with Crippen LogP contribution in [0.15, 0.2) is 42.6 Å². The van der Waals surface area contributed by atoms with E-state index in [-0.39, 0.29) is 23.0 Å². The number of carbonyl (C=O) groups excluding carboxylic acids is 2. The van der Waals surface area contributed by atoms with Gasteiger partial charge in [-0.15, -0.1) is 0 Å². The zero-order chi connectivity index (χ0) is 18.6. The monoisotopic (exact) mass is 340 g/mol. The van der Waals surface area contributed by atoms with Crippen molar-refractivity contribution >= 4 is 23.2 Å². The van der Waals surface area contributed by atoms with E-state index < -0.39 is 0 Å². The van der Waals surface area contributed by atoms with Gasteiger partial charge in [-0.3, -0.25) is 14.6 Å². The van der Waals surface area contributed by atoms with Gasteiger partial charge in [0.05, 0.1) is 0 Å². The first kappa shape index (κ1) is 18.4. The molecular formula is C19H24N4O2. The van der Waals surface area contributed by atoms with Gasteiger partial charge in [-0.2, -0.15) is 0 Å². The number of pyridine rings is 1. The van der Waals surface area contributed by atoms with Gasteiger partial charge in [-0.25, -0.2) is 0 Å². The molecule has 25 heavy (non-hydrogen) atoms. The second-order valence-electron chi connectivity index (χ2n) is 7.03. The van der Waals surface area contributed by atoms with E-state index in [1.165, 1.54) is 12.3 Å². The molecule has 1 aromatic heterocycles. The molecule has 0 saturated heterocycles. The van der Waals surface area contributed by atoms with Gasteiger partial charge in [0.25, 0.3) is 11.8 Å². The lowest BCUT2D eigenvalue weighted by Crippen LogP contribution is -2.41. The molecule has 0 bridgehead atoms. The zero-order valence-corrected chi connectivity index (χ0v) is 15.3. The topological polar surface area (TPSA) is 74.3 Å². The standard InChI is InChI=1S/C19H24N4O2/c1-19(2,3)22-18(25)16-12-13(10-11-20-16)17(24)21-14-6-8-15(9-7-14)23(4)5/h6-12H,1-5H3,(H,21,24)(H,22,25). The molecule has 1 aromatic carbocycles. The molecule has 1 heterocycles. The fourth-order valence-corrected chi connectivity index (χ4v) is 2.15. The zero-order valence-electron chi connectivity index (χ0n) is 15.3. The fourth-order valence-electron chi connectivity index (χ4n) is 2.15. The summed E-state index contributed by atoms with van der Waals surface area (Å²) >= 11 is 0. The highest BCUT2D eigenvalue weighted by Gasteiger charge is 2.17. The maximum absolute atomic E-state index is 12.4. The summed E-state index contributed by atoms with van der Waals surface area (Å²) in [6.45, 7) is 5.66. The Hall–Kier alpha value is -2.89. The van der Waals surface area contributed by atoms with Crippen LogP contribution >= 0.6 is 0 Å². The first-order chi connectivity index (χ1) is 11.7. The lowest BCUT2D eigenvalue weighted by atomic mass is 10.1. The summed E-state index contributed by atoms with van der Waals surface area (Å²) in [6, 6.07) is 10.6. The van der Waals surface area contributed by atoms with Crippen LogP contribution < -0.4 is 15.5 Å². The molecule has 2 N–H and O–H groups in total. The quantitative estimate of drug-likeness (QED) is 0.897. The van der Waals surface area contributed by atoms with E-state index in [0.29, 0.717) is 11.3 Å². The minimum atomic E-state index is -0.370. The molecule has 6 nitrogen and oxygen atoms in total. The Kier molecular flexibility index (Phi) is 5.41. The summed E-state index contributed by atoms with van der Waals surface area (Å²) in [7, 11) is 3.91. The third kappa shape index (κ3) is 5.31. The number of benzene rings is 1. The first-order valence-corrected chi connectivity index (χ1v) is 8.03. The normalized spacial score (nSPS) is 10.9.